The molecule has 53 heavy (non-hydrogen) atoms. The molecule has 0 amide bonds. The molecule has 0 aliphatic rings. The minimum absolute atomic E-state index is 0.179. The van der Waals surface area contributed by atoms with Gasteiger partial charge in [0.25, 0.3) is 0 Å². The number of rotatable bonds is 30. The molecule has 21 nitrogen and oxygen atoms in total. The van der Waals surface area contributed by atoms with Gasteiger partial charge in [-0.05, 0) is 0 Å². The molecule has 0 spiro atoms. The summed E-state index contributed by atoms with van der Waals surface area (Å²) in [6.07, 6.45) is -22.6. The van der Waals surface area contributed by atoms with Crippen LogP contribution in [0.3, 0.4) is 0 Å². The number of ether oxygens (including phenoxy) is 3. The third kappa shape index (κ3) is 21.1. The molecule has 0 aromatic heterocycles. The Labute approximate surface area is 317 Å². The van der Waals surface area contributed by atoms with E-state index >= 15 is 0 Å². The molecule has 0 bridgehead atoms. The van der Waals surface area contributed by atoms with Crippen LogP contribution in [0.25, 0.3) is 0 Å². The van der Waals surface area contributed by atoms with Gasteiger partial charge >= 0.3 is 319 Å². The Balaban J connectivity index is 5.18. The molecular formula is C28H54O21S3Sn. The molecule has 0 aliphatic heterocycles. The van der Waals surface area contributed by atoms with Crippen LogP contribution in [-0.2, 0) is 28.6 Å². The van der Waals surface area contributed by atoms with Gasteiger partial charge in [0, 0.05) is 0 Å². The Bertz CT molecular complexity index is 917. The van der Waals surface area contributed by atoms with Crippen molar-refractivity contribution in [3.05, 3.63) is 0 Å². The number of aliphatic hydroxyl groups is 15. The van der Waals surface area contributed by atoms with Gasteiger partial charge in [-0.2, -0.15) is 0 Å². The van der Waals surface area contributed by atoms with Crippen LogP contribution >= 0.6 is 26.8 Å². The second-order valence-electron chi connectivity index (χ2n) is 11.6. The van der Waals surface area contributed by atoms with Crippen LogP contribution in [0.15, 0.2) is 0 Å². The number of carbonyl (C=O) groups is 3. The number of hydrogen-bond donors (Lipinski definition) is 15. The van der Waals surface area contributed by atoms with E-state index in [0.717, 1.165) is 0 Å². The molecule has 0 heterocycles. The average Bonchev–Trinajstić information content (AvgIpc) is 3.14. The summed E-state index contributed by atoms with van der Waals surface area (Å²) in [6.45, 7) is -4.86. The Morgan fingerprint density at radius 2 is 0.642 bits per heavy atom. The summed E-state index contributed by atoms with van der Waals surface area (Å²) >= 11 is -3.53. The fourth-order valence-corrected chi connectivity index (χ4v) is 35.4. The topological polar surface area (TPSA) is 382 Å². The molecule has 0 saturated heterocycles. The maximum atomic E-state index is 12.3. The number of aliphatic hydroxyl groups excluding tert-OH is 15. The zero-order valence-corrected chi connectivity index (χ0v) is 34.1. The van der Waals surface area contributed by atoms with Crippen molar-refractivity contribution < 1.29 is 105 Å². The van der Waals surface area contributed by atoms with Crippen LogP contribution in [0.1, 0.15) is 19.3 Å². The molecule has 15 N–H and O–H groups in total. The van der Waals surface area contributed by atoms with Crippen LogP contribution in [0.5, 0.6) is 0 Å². The fraction of sp³-hybridized carbons (Fsp3) is 0.893. The molecule has 314 valence electrons. The van der Waals surface area contributed by atoms with Gasteiger partial charge in [0.15, 0.2) is 0 Å². The van der Waals surface area contributed by atoms with Gasteiger partial charge in [-0.15, -0.1) is 0 Å². The summed E-state index contributed by atoms with van der Waals surface area (Å²) in [6, 6.07) is 0. The van der Waals surface area contributed by atoms with E-state index in [0.29, 0.717) is 0 Å². The molecule has 0 fully saturated rings. The van der Waals surface area contributed by atoms with E-state index in [9.17, 15) is 75.7 Å². The molecule has 25 heteroatoms. The Morgan fingerprint density at radius 1 is 0.434 bits per heavy atom. The van der Waals surface area contributed by atoms with Gasteiger partial charge in [0.2, 0.25) is 0 Å². The quantitative estimate of drug-likeness (QED) is 0.0181. The van der Waals surface area contributed by atoms with Gasteiger partial charge in [-0.1, -0.05) is 0 Å². The second kappa shape index (κ2) is 28.1. The first-order valence-electron chi connectivity index (χ1n) is 16.1. The van der Waals surface area contributed by atoms with Crippen molar-refractivity contribution in [3.8, 4) is 0 Å². The standard InChI is InChI=1S/3C9H18O7S.CH3.Sn/c3*10-3-5(11)8(14)9(15)6(12)4-16-7(13)1-2-17;;/h3*5-6,8-12,14-15,17H,1-4H2;1H3;/q;;;;+3/p-3. The van der Waals surface area contributed by atoms with Crippen LogP contribution < -0.4 is 0 Å². The zero-order valence-electron chi connectivity index (χ0n) is 28.8. The molecule has 0 aromatic rings. The number of esters is 3. The molecule has 0 rings (SSSR count). The summed E-state index contributed by atoms with van der Waals surface area (Å²) in [5.41, 5.74) is 0. The van der Waals surface area contributed by atoms with Gasteiger partial charge in [0.1, 0.15) is 0 Å². The first-order chi connectivity index (χ1) is 24.7. The Kier molecular flexibility index (Phi) is 27.9. The summed E-state index contributed by atoms with van der Waals surface area (Å²) in [5, 5.41) is 143. The van der Waals surface area contributed by atoms with Crippen molar-refractivity contribution in [1.82, 2.24) is 0 Å². The van der Waals surface area contributed by atoms with Crippen LogP contribution in [0.2, 0.25) is 4.94 Å². The molecule has 0 radical (unpaired) electrons. The van der Waals surface area contributed by atoms with Crippen molar-refractivity contribution in [2.24, 2.45) is 0 Å². The van der Waals surface area contributed by atoms with Crippen LogP contribution in [-0.4, -0.2) is 239 Å². The first-order valence-corrected chi connectivity index (χ1v) is 32.4. The summed E-state index contributed by atoms with van der Waals surface area (Å²) < 4.78 is 14.8. The average molecular weight is 942 g/mol. The monoisotopic (exact) mass is 942 g/mol. The molecule has 12 atom stereocenters. The molecule has 0 saturated carbocycles. The van der Waals surface area contributed by atoms with Crippen molar-refractivity contribution >= 4 is 59.0 Å². The zero-order chi connectivity index (χ0) is 40.9. The maximum absolute atomic E-state index is 12.3. The molecule has 0 aromatic carbocycles. The third-order valence-electron chi connectivity index (χ3n) is 7.23. The Morgan fingerprint density at radius 3 is 0.849 bits per heavy atom. The van der Waals surface area contributed by atoms with E-state index in [2.05, 4.69) is 0 Å². The Hall–Kier alpha value is -0.341. The summed E-state index contributed by atoms with van der Waals surface area (Å²) in [7, 11) is 4.19. The van der Waals surface area contributed by atoms with E-state index in [1.54, 1.807) is 0 Å². The second-order valence-corrected chi connectivity index (χ2v) is 47.7. The van der Waals surface area contributed by atoms with Crippen molar-refractivity contribution in [1.29, 1.82) is 0 Å². The van der Waals surface area contributed by atoms with Crippen LogP contribution in [0, 0.1) is 0 Å². The van der Waals surface area contributed by atoms with Crippen molar-refractivity contribution in [2.45, 2.75) is 97.4 Å². The van der Waals surface area contributed by atoms with Crippen LogP contribution in [0.4, 0.5) is 0 Å². The predicted molar refractivity (Wildman–Crippen MR) is 189 cm³/mol. The number of carbonyl (C=O) groups excluding carboxylic acids is 3. The third-order valence-corrected chi connectivity index (χ3v) is 43.0. The van der Waals surface area contributed by atoms with Gasteiger partial charge in [-0.3, -0.25) is 0 Å². The summed E-state index contributed by atoms with van der Waals surface area (Å²) in [5.74, 6) is -1.81. The van der Waals surface area contributed by atoms with E-state index < -0.39 is 145 Å². The van der Waals surface area contributed by atoms with E-state index in [1.807, 2.05) is 4.94 Å². The molecule has 12 unspecified atom stereocenters. The van der Waals surface area contributed by atoms with E-state index in [1.165, 1.54) is 26.8 Å². The van der Waals surface area contributed by atoms with Gasteiger partial charge < -0.3 is 0 Å². The minimum atomic E-state index is -3.53. The normalized spacial score (nSPS) is 19.9. The first kappa shape index (κ1) is 52.7. The number of hydrogen-bond acceptors (Lipinski definition) is 24. The molecular weight excluding hydrogens is 887 g/mol. The van der Waals surface area contributed by atoms with E-state index in [-0.39, 0.29) is 36.5 Å². The SMILES string of the molecule is [CH3][Sn]([S]CCC(=O)OCC(O)C(O)C(O)C(O)CO)([S]CCC(=O)OCC(O)C(O)C(O)C(O)CO)[S]CCC(=O)OCC(O)C(O)C(O)C(O)CO. The predicted octanol–water partition coefficient (Wildman–Crippen LogP) is -7.14. The van der Waals surface area contributed by atoms with Crippen molar-refractivity contribution in [3.63, 3.8) is 0 Å². The van der Waals surface area contributed by atoms with Gasteiger partial charge in [-0.25, -0.2) is 0 Å². The van der Waals surface area contributed by atoms with Gasteiger partial charge in [0.05, 0.1) is 0 Å². The summed E-state index contributed by atoms with van der Waals surface area (Å²) in [4.78, 5) is 38.8. The van der Waals surface area contributed by atoms with Crippen molar-refractivity contribution in [2.75, 3.05) is 56.9 Å². The molecule has 0 aliphatic carbocycles. The fourth-order valence-electron chi connectivity index (χ4n) is 3.82. The van der Waals surface area contributed by atoms with E-state index in [4.69, 9.17) is 29.5 Å².